The number of aromatic nitrogens is 3. The highest BCUT2D eigenvalue weighted by Crippen LogP contribution is 2.37. The molecule has 0 bridgehead atoms. The number of fused-ring (bicyclic) bond motifs is 1. The van der Waals surface area contributed by atoms with Crippen molar-refractivity contribution < 1.29 is 23.0 Å². The van der Waals surface area contributed by atoms with E-state index in [4.69, 9.17) is 4.74 Å². The Morgan fingerprint density at radius 3 is 2.59 bits per heavy atom. The molecule has 0 spiro atoms. The molecule has 0 radical (unpaired) electrons. The zero-order chi connectivity index (χ0) is 16.5. The molecule has 1 N–H and O–H groups in total. The van der Waals surface area contributed by atoms with Gasteiger partial charge in [0, 0.05) is 20.9 Å². The first-order chi connectivity index (χ1) is 10.1. The minimum absolute atomic E-state index is 0.0967. The molecule has 0 fully saturated rings. The highest BCUT2D eigenvalue weighted by Gasteiger charge is 2.38. The Morgan fingerprint density at radius 2 is 2.00 bits per heavy atom. The van der Waals surface area contributed by atoms with Crippen LogP contribution in [0, 0.1) is 0 Å². The molecule has 0 aromatic carbocycles. The summed E-state index contributed by atoms with van der Waals surface area (Å²) in [5.74, 6) is -0.682. The van der Waals surface area contributed by atoms with Gasteiger partial charge < -0.3 is 9.84 Å². The lowest BCUT2D eigenvalue weighted by atomic mass is 10.2. The lowest BCUT2D eigenvalue weighted by Gasteiger charge is -2.15. The number of pyridine rings is 1. The van der Waals surface area contributed by atoms with E-state index in [0.29, 0.717) is 6.61 Å². The second-order valence-corrected chi connectivity index (χ2v) is 11.8. The molecule has 0 aliphatic heterocycles. The van der Waals surface area contributed by atoms with Crippen LogP contribution in [0.15, 0.2) is 12.3 Å². The van der Waals surface area contributed by atoms with Crippen molar-refractivity contribution in [2.75, 3.05) is 6.61 Å². The monoisotopic (exact) mass is 333 g/mol. The highest BCUT2D eigenvalue weighted by molar-refractivity contribution is 6.76. The Labute approximate surface area is 126 Å². The normalized spacial score (nSPS) is 13.0. The number of hydrogen-bond acceptors (Lipinski definition) is 4. The van der Waals surface area contributed by atoms with Crippen molar-refractivity contribution in [3.8, 4) is 5.88 Å². The standard InChI is InChI=1S/C13H18F3N3O2Si/c1-22(2,3)7-6-21-8-19-9-4-5-17-12(20)10(9)11(18-19)13(14,15)16/h4-5H,6-8H2,1-3H3,(H,17,20). The average molecular weight is 333 g/mol. The molecule has 122 valence electrons. The average Bonchev–Trinajstić information content (AvgIpc) is 2.74. The van der Waals surface area contributed by atoms with Crippen LogP contribution in [0.3, 0.4) is 0 Å². The summed E-state index contributed by atoms with van der Waals surface area (Å²) in [7, 11) is -1.27. The summed E-state index contributed by atoms with van der Waals surface area (Å²) < 4.78 is 45.6. The Balaban J connectivity index is 2.26. The van der Waals surface area contributed by atoms with Crippen LogP contribution in [0.5, 0.6) is 5.88 Å². The molecule has 9 heteroatoms. The highest BCUT2D eigenvalue weighted by atomic mass is 28.3. The van der Waals surface area contributed by atoms with Gasteiger partial charge in [-0.25, -0.2) is 9.67 Å². The molecule has 2 aromatic rings. The fourth-order valence-electron chi connectivity index (χ4n) is 1.93. The number of hydrogen-bond donors (Lipinski definition) is 1. The van der Waals surface area contributed by atoms with Gasteiger partial charge in [-0.3, -0.25) is 0 Å². The maximum Gasteiger partial charge on any atom is 0.435 e. The molecule has 0 saturated heterocycles. The molecule has 2 heterocycles. The third-order valence-electron chi connectivity index (χ3n) is 3.12. The van der Waals surface area contributed by atoms with E-state index in [1.165, 1.54) is 12.3 Å². The summed E-state index contributed by atoms with van der Waals surface area (Å²) in [4.78, 5) is 3.49. The number of alkyl halides is 3. The lowest BCUT2D eigenvalue weighted by Crippen LogP contribution is -2.22. The Bertz CT molecular complexity index is 665. The van der Waals surface area contributed by atoms with E-state index < -0.39 is 31.2 Å². The molecule has 0 unspecified atom stereocenters. The van der Waals surface area contributed by atoms with Crippen LogP contribution in [0.2, 0.25) is 25.7 Å². The molecule has 5 nitrogen and oxygen atoms in total. The Morgan fingerprint density at radius 1 is 1.32 bits per heavy atom. The third-order valence-corrected chi connectivity index (χ3v) is 4.83. The number of halogens is 3. The van der Waals surface area contributed by atoms with Gasteiger partial charge in [0.05, 0.1) is 10.9 Å². The molecule has 0 aliphatic rings. The maximum absolute atomic E-state index is 13.0. The lowest BCUT2D eigenvalue weighted by molar-refractivity contribution is -0.140. The second kappa shape index (κ2) is 5.88. The Kier molecular flexibility index (Phi) is 4.48. The van der Waals surface area contributed by atoms with Gasteiger partial charge in [0.15, 0.2) is 5.69 Å². The third kappa shape index (κ3) is 3.77. The summed E-state index contributed by atoms with van der Waals surface area (Å²) in [5.41, 5.74) is -1.00. The van der Waals surface area contributed by atoms with E-state index >= 15 is 0 Å². The van der Waals surface area contributed by atoms with E-state index in [-0.39, 0.29) is 12.2 Å². The van der Waals surface area contributed by atoms with Crippen molar-refractivity contribution in [1.29, 1.82) is 0 Å². The van der Waals surface area contributed by atoms with E-state index in [1.807, 2.05) is 0 Å². The summed E-state index contributed by atoms with van der Waals surface area (Å²) in [6, 6.07) is 2.28. The van der Waals surface area contributed by atoms with Crippen molar-refractivity contribution in [2.24, 2.45) is 0 Å². The smallest absolute Gasteiger partial charge is 0.435 e. The molecule has 2 aromatic heterocycles. The number of aromatic hydroxyl groups is 1. The van der Waals surface area contributed by atoms with Gasteiger partial charge in [0.2, 0.25) is 5.88 Å². The van der Waals surface area contributed by atoms with E-state index in [1.54, 1.807) is 0 Å². The van der Waals surface area contributed by atoms with Crippen LogP contribution in [0.25, 0.3) is 10.9 Å². The van der Waals surface area contributed by atoms with Crippen LogP contribution < -0.4 is 0 Å². The predicted molar refractivity (Wildman–Crippen MR) is 78.3 cm³/mol. The fraction of sp³-hybridized carbons (Fsp3) is 0.538. The Hall–Kier alpha value is -1.61. The van der Waals surface area contributed by atoms with Gasteiger partial charge in [-0.05, 0) is 12.1 Å². The molecule has 0 aliphatic carbocycles. The molecule has 2 rings (SSSR count). The molecule has 0 saturated carbocycles. The van der Waals surface area contributed by atoms with Gasteiger partial charge in [0.25, 0.3) is 0 Å². The quantitative estimate of drug-likeness (QED) is 0.672. The van der Waals surface area contributed by atoms with Crippen LogP contribution in [-0.4, -0.2) is 34.6 Å². The van der Waals surface area contributed by atoms with E-state index in [9.17, 15) is 18.3 Å². The number of rotatable bonds is 5. The first kappa shape index (κ1) is 16.8. The molecular formula is C13H18F3N3O2Si. The van der Waals surface area contributed by atoms with Gasteiger partial charge in [-0.15, -0.1) is 0 Å². The van der Waals surface area contributed by atoms with Crippen molar-refractivity contribution in [1.82, 2.24) is 14.8 Å². The fourth-order valence-corrected chi connectivity index (χ4v) is 2.69. The summed E-state index contributed by atoms with van der Waals surface area (Å²) in [5, 5.41) is 12.7. The van der Waals surface area contributed by atoms with Crippen LogP contribution in [-0.2, 0) is 17.6 Å². The van der Waals surface area contributed by atoms with Crippen LogP contribution in [0.4, 0.5) is 13.2 Å². The topological polar surface area (TPSA) is 60.2 Å². The van der Waals surface area contributed by atoms with E-state index in [2.05, 4.69) is 29.7 Å². The summed E-state index contributed by atoms with van der Waals surface area (Å²) in [6.07, 6.45) is -3.43. The molecule has 22 heavy (non-hydrogen) atoms. The predicted octanol–water partition coefficient (Wildman–Crippen LogP) is 3.47. The minimum atomic E-state index is -4.66. The van der Waals surface area contributed by atoms with Gasteiger partial charge >= 0.3 is 6.18 Å². The minimum Gasteiger partial charge on any atom is -0.493 e. The largest absolute Gasteiger partial charge is 0.493 e. The van der Waals surface area contributed by atoms with Crippen molar-refractivity contribution >= 4 is 19.0 Å². The van der Waals surface area contributed by atoms with Crippen LogP contribution in [0.1, 0.15) is 5.69 Å². The van der Waals surface area contributed by atoms with Crippen LogP contribution >= 0.6 is 0 Å². The first-order valence-corrected chi connectivity index (χ1v) is 10.5. The summed E-state index contributed by atoms with van der Waals surface area (Å²) >= 11 is 0. The number of ether oxygens (including phenoxy) is 1. The maximum atomic E-state index is 13.0. The van der Waals surface area contributed by atoms with Crippen molar-refractivity contribution in [3.05, 3.63) is 18.0 Å². The zero-order valence-corrected chi connectivity index (χ0v) is 13.6. The van der Waals surface area contributed by atoms with Gasteiger partial charge in [-0.1, -0.05) is 19.6 Å². The zero-order valence-electron chi connectivity index (χ0n) is 12.6. The molecule has 0 atom stereocenters. The van der Waals surface area contributed by atoms with Gasteiger partial charge in [-0.2, -0.15) is 18.3 Å². The molecule has 0 amide bonds. The van der Waals surface area contributed by atoms with E-state index in [0.717, 1.165) is 10.7 Å². The van der Waals surface area contributed by atoms with Crippen molar-refractivity contribution in [3.63, 3.8) is 0 Å². The second-order valence-electron chi connectivity index (χ2n) is 6.22. The molecular weight excluding hydrogens is 315 g/mol. The number of nitrogens with zero attached hydrogens (tertiary/aromatic N) is 3. The first-order valence-electron chi connectivity index (χ1n) is 6.79. The summed E-state index contributed by atoms with van der Waals surface area (Å²) in [6.45, 7) is 6.93. The van der Waals surface area contributed by atoms with Crippen molar-refractivity contribution in [2.45, 2.75) is 38.6 Å². The SMILES string of the molecule is C[Si](C)(C)CCOCn1nc(C(F)(F)F)c2c(O)nccc21. The van der Waals surface area contributed by atoms with Gasteiger partial charge in [0.1, 0.15) is 6.73 Å².